The molecule has 3 aromatic rings. The maximum absolute atomic E-state index is 14.2. The molecule has 8 nitrogen and oxygen atoms in total. The molecule has 1 saturated heterocycles. The Kier molecular flexibility index (Phi) is 9.74. The second-order valence-corrected chi connectivity index (χ2v) is 11.9. The molecule has 5 rings (SSSR count). The van der Waals surface area contributed by atoms with Gasteiger partial charge in [-0.2, -0.15) is 0 Å². The molecule has 0 radical (unpaired) electrons. The van der Waals surface area contributed by atoms with Crippen molar-refractivity contribution in [2.45, 2.75) is 52.5 Å². The number of carbonyl (C=O) groups excluding carboxylic acids is 1. The number of carboxylic acids is 1. The normalized spacial score (nSPS) is 19.6. The van der Waals surface area contributed by atoms with Gasteiger partial charge in [-0.1, -0.05) is 45.9 Å². The van der Waals surface area contributed by atoms with E-state index >= 15 is 0 Å². The van der Waals surface area contributed by atoms with Gasteiger partial charge in [-0.15, -0.1) is 0 Å². The van der Waals surface area contributed by atoms with Crippen LogP contribution in [-0.2, 0) is 22.4 Å². The van der Waals surface area contributed by atoms with Crippen LogP contribution in [0.2, 0.25) is 0 Å². The molecule has 1 amide bonds. The van der Waals surface area contributed by atoms with Gasteiger partial charge in [0.25, 0.3) is 0 Å². The van der Waals surface area contributed by atoms with Crippen molar-refractivity contribution in [3.05, 3.63) is 82.7 Å². The number of nitrogens with zero attached hydrogens (tertiary/aromatic N) is 1. The Morgan fingerprint density at radius 2 is 1.61 bits per heavy atom. The van der Waals surface area contributed by atoms with Gasteiger partial charge < -0.3 is 24.6 Å². The predicted octanol–water partition coefficient (Wildman–Crippen LogP) is 6.24. The van der Waals surface area contributed by atoms with Gasteiger partial charge in [-0.05, 0) is 77.4 Å². The number of benzene rings is 3. The number of halogens is 1. The quantitative estimate of drug-likeness (QED) is 0.268. The van der Waals surface area contributed by atoms with Crippen LogP contribution >= 0.6 is 0 Å². The Hall–Kier alpha value is -4.11. The van der Waals surface area contributed by atoms with Crippen molar-refractivity contribution < 1.29 is 33.3 Å². The van der Waals surface area contributed by atoms with Crippen molar-refractivity contribution in [2.24, 2.45) is 11.8 Å². The SMILES string of the molecule is CCc1cc(F)cc(CC)c1NC(=O)CN1C[C@H](c2ccc3c(c2)OCCO3)C(C(=O)O)[C@@H]1c1ccc(OCC(C)C)cc1. The van der Waals surface area contributed by atoms with Gasteiger partial charge in [0, 0.05) is 24.2 Å². The van der Waals surface area contributed by atoms with E-state index in [9.17, 15) is 19.1 Å². The van der Waals surface area contributed by atoms with E-state index in [4.69, 9.17) is 14.2 Å². The van der Waals surface area contributed by atoms with E-state index in [0.29, 0.717) is 68.1 Å². The van der Waals surface area contributed by atoms with Crippen molar-refractivity contribution in [1.82, 2.24) is 4.90 Å². The number of nitrogens with one attached hydrogen (secondary N) is 1. The molecule has 3 atom stereocenters. The average molecular weight is 605 g/mol. The minimum absolute atomic E-state index is 0.0369. The highest BCUT2D eigenvalue weighted by atomic mass is 19.1. The highest BCUT2D eigenvalue weighted by molar-refractivity contribution is 5.94. The molecule has 0 aliphatic carbocycles. The number of likely N-dealkylation sites (tertiary alicyclic amines) is 1. The number of carbonyl (C=O) groups is 2. The summed E-state index contributed by atoms with van der Waals surface area (Å²) in [5.41, 5.74) is 3.67. The summed E-state index contributed by atoms with van der Waals surface area (Å²) in [4.78, 5) is 28.5. The summed E-state index contributed by atoms with van der Waals surface area (Å²) >= 11 is 0. The number of fused-ring (bicyclic) bond motifs is 1. The number of carboxylic acid groups (broad SMARTS) is 1. The summed E-state index contributed by atoms with van der Waals surface area (Å²) < 4.78 is 31.6. The van der Waals surface area contributed by atoms with E-state index < -0.39 is 23.8 Å². The van der Waals surface area contributed by atoms with Crippen LogP contribution in [0.1, 0.15) is 61.9 Å². The van der Waals surface area contributed by atoms with Crippen LogP contribution in [0.25, 0.3) is 0 Å². The Bertz CT molecular complexity index is 1470. The van der Waals surface area contributed by atoms with Crippen molar-refractivity contribution in [2.75, 3.05) is 38.2 Å². The van der Waals surface area contributed by atoms with Crippen molar-refractivity contribution in [3.8, 4) is 17.2 Å². The zero-order valence-corrected chi connectivity index (χ0v) is 25.8. The maximum atomic E-state index is 14.2. The predicted molar refractivity (Wildman–Crippen MR) is 166 cm³/mol. The van der Waals surface area contributed by atoms with Crippen molar-refractivity contribution >= 4 is 17.6 Å². The van der Waals surface area contributed by atoms with Crippen LogP contribution in [0.15, 0.2) is 54.6 Å². The number of aliphatic carboxylic acids is 1. The topological polar surface area (TPSA) is 97.3 Å². The minimum Gasteiger partial charge on any atom is -0.493 e. The van der Waals surface area contributed by atoms with Crippen LogP contribution in [0.3, 0.4) is 0 Å². The third kappa shape index (κ3) is 6.83. The molecule has 0 saturated carbocycles. The molecule has 2 heterocycles. The third-order valence-electron chi connectivity index (χ3n) is 8.32. The molecule has 2 aliphatic rings. The van der Waals surface area contributed by atoms with Gasteiger partial charge in [-0.25, -0.2) is 4.39 Å². The van der Waals surface area contributed by atoms with E-state index in [1.807, 2.05) is 61.2 Å². The van der Waals surface area contributed by atoms with E-state index in [1.54, 1.807) is 0 Å². The molecule has 2 N–H and O–H groups in total. The lowest BCUT2D eigenvalue weighted by molar-refractivity contribution is -0.143. The summed E-state index contributed by atoms with van der Waals surface area (Å²) in [6.07, 6.45) is 1.12. The smallest absolute Gasteiger partial charge is 0.309 e. The molecule has 9 heteroatoms. The molecule has 0 bridgehead atoms. The third-order valence-corrected chi connectivity index (χ3v) is 8.32. The summed E-state index contributed by atoms with van der Waals surface area (Å²) in [6, 6.07) is 15.4. The molecule has 0 spiro atoms. The van der Waals surface area contributed by atoms with E-state index in [2.05, 4.69) is 19.2 Å². The second kappa shape index (κ2) is 13.7. The largest absolute Gasteiger partial charge is 0.493 e. The number of amides is 1. The number of anilines is 1. The zero-order chi connectivity index (χ0) is 31.4. The molecule has 1 fully saturated rings. The lowest BCUT2D eigenvalue weighted by Gasteiger charge is -2.27. The summed E-state index contributed by atoms with van der Waals surface area (Å²) in [5.74, 6) is -0.520. The first-order valence-electron chi connectivity index (χ1n) is 15.4. The van der Waals surface area contributed by atoms with Crippen LogP contribution in [0.5, 0.6) is 17.2 Å². The Labute approximate surface area is 258 Å². The van der Waals surface area contributed by atoms with Crippen LogP contribution < -0.4 is 19.5 Å². The maximum Gasteiger partial charge on any atom is 0.309 e. The number of hydrogen-bond donors (Lipinski definition) is 2. The Morgan fingerprint density at radius 3 is 2.23 bits per heavy atom. The van der Waals surface area contributed by atoms with Gasteiger partial charge in [0.15, 0.2) is 11.5 Å². The lowest BCUT2D eigenvalue weighted by atomic mass is 9.82. The summed E-state index contributed by atoms with van der Waals surface area (Å²) in [7, 11) is 0. The molecule has 234 valence electrons. The first kappa shape index (κ1) is 31.3. The zero-order valence-electron chi connectivity index (χ0n) is 25.8. The van der Waals surface area contributed by atoms with Gasteiger partial charge in [0.2, 0.25) is 5.91 Å². The number of rotatable bonds is 11. The van der Waals surface area contributed by atoms with Gasteiger partial charge >= 0.3 is 5.97 Å². The second-order valence-electron chi connectivity index (χ2n) is 11.9. The standard InChI is InChI=1S/C35H41FN2O6/c1-5-22-15-26(36)16-23(6-2)33(22)37-31(39)19-38-18-28(25-9-12-29-30(17-25)43-14-13-42-29)32(35(40)41)34(38)24-7-10-27(11-8-24)44-20-21(3)4/h7-12,15-17,21,28,32,34H,5-6,13-14,18-20H2,1-4H3,(H,37,39)(H,40,41)/t28-,32?,34+/m1/s1. The number of ether oxygens (including phenoxy) is 3. The fraction of sp³-hybridized carbons (Fsp3) is 0.429. The van der Waals surface area contributed by atoms with Gasteiger partial charge in [-0.3, -0.25) is 14.5 Å². The lowest BCUT2D eigenvalue weighted by Crippen LogP contribution is -2.35. The summed E-state index contributed by atoms with van der Waals surface area (Å²) in [5, 5.41) is 13.7. The Balaban J connectivity index is 1.48. The monoisotopic (exact) mass is 604 g/mol. The van der Waals surface area contributed by atoms with Crippen LogP contribution in [-0.4, -0.2) is 54.8 Å². The average Bonchev–Trinajstić information content (AvgIpc) is 3.39. The molecule has 3 aromatic carbocycles. The Morgan fingerprint density at radius 1 is 0.977 bits per heavy atom. The van der Waals surface area contributed by atoms with Crippen molar-refractivity contribution in [3.63, 3.8) is 0 Å². The highest BCUT2D eigenvalue weighted by Gasteiger charge is 2.48. The van der Waals surface area contributed by atoms with Crippen molar-refractivity contribution in [1.29, 1.82) is 0 Å². The highest BCUT2D eigenvalue weighted by Crippen LogP contribution is 2.47. The van der Waals surface area contributed by atoms with E-state index in [0.717, 1.165) is 22.3 Å². The molecular formula is C35H41FN2O6. The number of aryl methyl sites for hydroxylation is 2. The van der Waals surface area contributed by atoms with E-state index in [1.165, 1.54) is 12.1 Å². The minimum atomic E-state index is -0.946. The number of hydrogen-bond acceptors (Lipinski definition) is 6. The van der Waals surface area contributed by atoms with Gasteiger partial charge in [0.05, 0.1) is 19.1 Å². The molecule has 44 heavy (non-hydrogen) atoms. The molecule has 2 aliphatic heterocycles. The fourth-order valence-corrected chi connectivity index (χ4v) is 6.25. The van der Waals surface area contributed by atoms with Crippen LogP contribution in [0, 0.1) is 17.7 Å². The fourth-order valence-electron chi connectivity index (χ4n) is 6.25. The van der Waals surface area contributed by atoms with Gasteiger partial charge in [0.1, 0.15) is 24.8 Å². The molecule has 0 aromatic heterocycles. The molecular weight excluding hydrogens is 563 g/mol. The van der Waals surface area contributed by atoms with E-state index in [-0.39, 0.29) is 18.3 Å². The summed E-state index contributed by atoms with van der Waals surface area (Å²) in [6.45, 7) is 9.75. The molecule has 1 unspecified atom stereocenters. The first-order chi connectivity index (χ1) is 21.2. The first-order valence-corrected chi connectivity index (χ1v) is 15.4. The van der Waals surface area contributed by atoms with Crippen LogP contribution in [0.4, 0.5) is 10.1 Å².